The molecule has 3 rings (SSSR count). The van der Waals surface area contributed by atoms with Crippen LogP contribution in [0.25, 0.3) is 10.8 Å². The van der Waals surface area contributed by atoms with Crippen molar-refractivity contribution in [1.82, 2.24) is 0 Å². The van der Waals surface area contributed by atoms with E-state index in [-0.39, 0.29) is 0 Å². The lowest BCUT2D eigenvalue weighted by molar-refractivity contribution is 0.415. The molecule has 0 bridgehead atoms. The van der Waals surface area contributed by atoms with Gasteiger partial charge in [0.05, 0.1) is 12.8 Å². The highest BCUT2D eigenvalue weighted by molar-refractivity contribution is 6.31. The van der Waals surface area contributed by atoms with Gasteiger partial charge in [-0.2, -0.15) is 0 Å². The summed E-state index contributed by atoms with van der Waals surface area (Å²) >= 11 is 6.08. The van der Waals surface area contributed by atoms with Crippen LogP contribution >= 0.6 is 11.6 Å². The summed E-state index contributed by atoms with van der Waals surface area (Å²) in [4.78, 5) is 1.94. The molecule has 0 radical (unpaired) electrons. The zero-order valence-electron chi connectivity index (χ0n) is 11.3. The van der Waals surface area contributed by atoms with Gasteiger partial charge in [-0.05, 0) is 24.3 Å². The normalized spacial score (nSPS) is 10.8. The number of anilines is 2. The van der Waals surface area contributed by atoms with E-state index in [2.05, 4.69) is 0 Å². The molecule has 20 heavy (non-hydrogen) atoms. The lowest BCUT2D eigenvalue weighted by Crippen LogP contribution is -2.10. The minimum Gasteiger partial charge on any atom is -0.495 e. The largest absolute Gasteiger partial charge is 0.495 e. The summed E-state index contributed by atoms with van der Waals surface area (Å²) in [7, 11) is 3.57. The van der Waals surface area contributed by atoms with Crippen LogP contribution in [0.15, 0.2) is 53.1 Å². The van der Waals surface area contributed by atoms with E-state index in [1.54, 1.807) is 19.4 Å². The number of halogens is 1. The highest BCUT2D eigenvalue weighted by Crippen LogP contribution is 2.38. The first-order valence-electron chi connectivity index (χ1n) is 6.24. The van der Waals surface area contributed by atoms with Crippen molar-refractivity contribution in [2.24, 2.45) is 0 Å². The zero-order chi connectivity index (χ0) is 14.1. The summed E-state index contributed by atoms with van der Waals surface area (Å²) in [6.07, 6.45) is 1.75. The third-order valence-electron chi connectivity index (χ3n) is 3.30. The van der Waals surface area contributed by atoms with Crippen molar-refractivity contribution in [1.29, 1.82) is 0 Å². The molecule has 0 unspecified atom stereocenters. The molecule has 1 heterocycles. The van der Waals surface area contributed by atoms with Crippen LogP contribution in [0, 0.1) is 0 Å². The first kappa shape index (κ1) is 12.9. The fraction of sp³-hybridized carbons (Fsp3) is 0.125. The first-order chi connectivity index (χ1) is 9.70. The molecule has 4 heteroatoms. The second-order valence-corrected chi connectivity index (χ2v) is 4.94. The van der Waals surface area contributed by atoms with Gasteiger partial charge in [-0.1, -0.05) is 29.8 Å². The maximum atomic E-state index is 6.08. The molecule has 102 valence electrons. The Balaban J connectivity index is 2.13. The molecule has 1 aromatic heterocycles. The summed E-state index contributed by atoms with van der Waals surface area (Å²) in [5.41, 5.74) is 0.861. The van der Waals surface area contributed by atoms with Crippen molar-refractivity contribution in [3.8, 4) is 5.75 Å². The Hall–Kier alpha value is -2.13. The van der Waals surface area contributed by atoms with E-state index >= 15 is 0 Å². The van der Waals surface area contributed by atoms with Crippen LogP contribution in [0.2, 0.25) is 5.02 Å². The number of hydrogen-bond acceptors (Lipinski definition) is 3. The maximum absolute atomic E-state index is 6.08. The highest BCUT2D eigenvalue weighted by Gasteiger charge is 2.16. The highest BCUT2D eigenvalue weighted by atomic mass is 35.5. The van der Waals surface area contributed by atoms with Gasteiger partial charge >= 0.3 is 0 Å². The van der Waals surface area contributed by atoms with Gasteiger partial charge in [0.15, 0.2) is 0 Å². The van der Waals surface area contributed by atoms with Gasteiger partial charge in [-0.15, -0.1) is 0 Å². The van der Waals surface area contributed by atoms with Gasteiger partial charge in [0.2, 0.25) is 5.88 Å². The van der Waals surface area contributed by atoms with Crippen molar-refractivity contribution < 1.29 is 9.15 Å². The molecular weight excluding hydrogens is 274 g/mol. The van der Waals surface area contributed by atoms with Gasteiger partial charge in [-0.25, -0.2) is 0 Å². The topological polar surface area (TPSA) is 25.6 Å². The molecule has 0 aliphatic heterocycles. The van der Waals surface area contributed by atoms with Crippen LogP contribution < -0.4 is 9.64 Å². The van der Waals surface area contributed by atoms with Crippen LogP contribution in [-0.2, 0) is 0 Å². The van der Waals surface area contributed by atoms with Gasteiger partial charge in [-0.3, -0.25) is 0 Å². The zero-order valence-corrected chi connectivity index (χ0v) is 12.0. The second kappa shape index (κ2) is 5.10. The maximum Gasteiger partial charge on any atom is 0.207 e. The van der Waals surface area contributed by atoms with E-state index in [1.165, 1.54) is 0 Å². The Morgan fingerprint density at radius 1 is 1.15 bits per heavy atom. The molecular formula is C16H14ClNO2. The number of ether oxygens (including phenoxy) is 1. The predicted octanol–water partition coefficient (Wildman–Crippen LogP) is 4.86. The average molecular weight is 288 g/mol. The molecule has 0 spiro atoms. The molecule has 0 saturated heterocycles. The molecule has 0 N–H and O–H groups in total. The number of benzene rings is 2. The third-order valence-corrected chi connectivity index (χ3v) is 3.53. The smallest absolute Gasteiger partial charge is 0.207 e. The fourth-order valence-corrected chi connectivity index (χ4v) is 2.44. The monoisotopic (exact) mass is 287 g/mol. The summed E-state index contributed by atoms with van der Waals surface area (Å²) < 4.78 is 11.1. The van der Waals surface area contributed by atoms with E-state index in [9.17, 15) is 0 Å². The average Bonchev–Trinajstić information content (AvgIpc) is 2.90. The van der Waals surface area contributed by atoms with Crippen molar-refractivity contribution in [2.75, 3.05) is 19.1 Å². The lowest BCUT2D eigenvalue weighted by Gasteiger charge is -2.19. The number of hydrogen-bond donors (Lipinski definition) is 0. The Morgan fingerprint density at radius 2 is 1.95 bits per heavy atom. The van der Waals surface area contributed by atoms with Crippen LogP contribution in [0.1, 0.15) is 0 Å². The molecule has 0 fully saturated rings. The standard InChI is InChI=1S/C16H14ClNO2/c1-18(14-9-12(17)7-8-15(14)19-2)16-13-6-4-3-5-11(13)10-20-16/h3-10H,1-2H3. The molecule has 0 saturated carbocycles. The molecule has 2 aromatic carbocycles. The number of fused-ring (bicyclic) bond motifs is 1. The van der Waals surface area contributed by atoms with E-state index in [4.69, 9.17) is 20.8 Å². The van der Waals surface area contributed by atoms with Crippen molar-refractivity contribution in [3.63, 3.8) is 0 Å². The Bertz CT molecular complexity index is 751. The second-order valence-electron chi connectivity index (χ2n) is 4.50. The van der Waals surface area contributed by atoms with E-state index in [0.717, 1.165) is 28.1 Å². The van der Waals surface area contributed by atoms with Crippen molar-refractivity contribution in [3.05, 3.63) is 53.8 Å². The minimum atomic E-state index is 0.656. The molecule has 3 aromatic rings. The fourth-order valence-electron chi connectivity index (χ4n) is 2.27. The van der Waals surface area contributed by atoms with Gasteiger partial charge in [0, 0.05) is 22.8 Å². The van der Waals surface area contributed by atoms with Crippen molar-refractivity contribution >= 4 is 33.9 Å². The van der Waals surface area contributed by atoms with Crippen LogP contribution in [0.5, 0.6) is 5.75 Å². The van der Waals surface area contributed by atoms with E-state index < -0.39 is 0 Å². The van der Waals surface area contributed by atoms with Gasteiger partial charge in [0.1, 0.15) is 12.0 Å². The predicted molar refractivity (Wildman–Crippen MR) is 82.3 cm³/mol. The summed E-state index contributed by atoms with van der Waals surface area (Å²) in [5, 5.41) is 2.77. The molecule has 3 nitrogen and oxygen atoms in total. The SMILES string of the molecule is COc1ccc(Cl)cc1N(C)c1occ2ccccc12. The number of methoxy groups -OCH3 is 1. The summed E-state index contributed by atoms with van der Waals surface area (Å²) in [5.74, 6) is 1.51. The van der Waals surface area contributed by atoms with Crippen molar-refractivity contribution in [2.45, 2.75) is 0 Å². The Labute approximate surface area is 122 Å². The minimum absolute atomic E-state index is 0.656. The van der Waals surface area contributed by atoms with E-state index in [1.807, 2.05) is 48.3 Å². The summed E-state index contributed by atoms with van der Waals surface area (Å²) in [6.45, 7) is 0. The Kier molecular flexibility index (Phi) is 3.28. The lowest BCUT2D eigenvalue weighted by atomic mass is 10.2. The molecule has 0 aliphatic rings. The number of rotatable bonds is 3. The molecule has 0 amide bonds. The summed E-state index contributed by atoms with van der Waals surface area (Å²) in [6, 6.07) is 13.5. The Morgan fingerprint density at radius 3 is 2.75 bits per heavy atom. The quantitative estimate of drug-likeness (QED) is 0.688. The van der Waals surface area contributed by atoms with Crippen LogP contribution in [0.4, 0.5) is 11.6 Å². The first-order valence-corrected chi connectivity index (χ1v) is 6.62. The van der Waals surface area contributed by atoms with Crippen LogP contribution in [0.3, 0.4) is 0 Å². The number of furan rings is 1. The third kappa shape index (κ3) is 2.10. The van der Waals surface area contributed by atoms with Gasteiger partial charge in [0.25, 0.3) is 0 Å². The molecule has 0 aliphatic carbocycles. The number of nitrogens with zero attached hydrogens (tertiary/aromatic N) is 1. The van der Waals surface area contributed by atoms with Gasteiger partial charge < -0.3 is 14.1 Å². The molecule has 0 atom stereocenters. The van der Waals surface area contributed by atoms with Crippen LogP contribution in [-0.4, -0.2) is 14.2 Å². The van der Waals surface area contributed by atoms with E-state index in [0.29, 0.717) is 5.02 Å².